The van der Waals surface area contributed by atoms with Crippen LogP contribution >= 0.6 is 7.82 Å². The van der Waals surface area contributed by atoms with Crippen molar-refractivity contribution in [1.82, 2.24) is 0 Å². The molecule has 0 amide bonds. The van der Waals surface area contributed by atoms with Crippen molar-refractivity contribution in [2.24, 2.45) is 0 Å². The SMILES string of the molecule is CC/C=C\C/C=C\C/C=C\C/C=C\C/C=C\C/C=C\C/C=C\C/C=C\C/C=C\C/C=C\C/C=C\C/C=C\CCCCCCC(=O)OC(COC(=O)CC/C=C\C/C=C\C/C=C\C/C=C\CC)COP(=O)(O)OCC[N+](C)(C)C. The van der Waals surface area contributed by atoms with Gasteiger partial charge in [-0.15, -0.1) is 0 Å². The van der Waals surface area contributed by atoms with Gasteiger partial charge in [0.1, 0.15) is 19.8 Å². The number of rotatable bonds is 50. The second kappa shape index (κ2) is 56.6. The third kappa shape index (κ3) is 60.1. The Morgan fingerprint density at radius 1 is 0.397 bits per heavy atom. The molecular weight excluding hydrogens is 990 g/mol. The molecule has 0 aromatic carbocycles. The predicted molar refractivity (Wildman–Crippen MR) is 334 cm³/mol. The molecule has 0 saturated heterocycles. The standard InChI is InChI=1S/C68H104NO8P/c1-6-8-10-12-14-16-18-20-21-22-23-24-25-26-27-28-29-30-31-32-33-34-35-36-37-38-39-40-41-42-43-44-45-46-47-49-51-53-55-57-59-61-68(71)77-66(65-76-78(72,73)75-63-62-69(3,4)5)64-74-67(70)60-58-56-54-52-50-48-19-17-15-13-11-9-7-2/h8-11,14-17,20-21,23-24,26-27,29-30,32-33,35-36,38-39,41-42,44-45,47-50,54,56,66H,6-7,12-13,18-19,22,25,28,31,34,37,40,43,46,51-53,55,57-65H2,1-5H3/p+1/b10-8-,11-9-,16-14-,17-15-,21-20-,24-23-,27-26-,30-29-,33-32-,36-35-,39-38-,42-41-,45-44-,49-47-,50-48-,56-54-. The first-order chi connectivity index (χ1) is 38.0. The number of phosphoric ester groups is 1. The number of carbonyl (C=O) groups excluding carboxylic acids is 2. The van der Waals surface area contributed by atoms with Gasteiger partial charge < -0.3 is 18.9 Å². The van der Waals surface area contributed by atoms with Gasteiger partial charge >= 0.3 is 19.8 Å². The van der Waals surface area contributed by atoms with Crippen molar-refractivity contribution < 1.29 is 42.1 Å². The van der Waals surface area contributed by atoms with Gasteiger partial charge in [0.15, 0.2) is 6.10 Å². The van der Waals surface area contributed by atoms with E-state index in [1.807, 2.05) is 33.3 Å². The van der Waals surface area contributed by atoms with E-state index in [9.17, 15) is 19.0 Å². The van der Waals surface area contributed by atoms with Crippen LogP contribution in [0.25, 0.3) is 0 Å². The molecule has 0 radical (unpaired) electrons. The number of quaternary nitrogens is 1. The summed E-state index contributed by atoms with van der Waals surface area (Å²) in [5, 5.41) is 0. The molecule has 78 heavy (non-hydrogen) atoms. The van der Waals surface area contributed by atoms with Crippen molar-refractivity contribution in [3.8, 4) is 0 Å². The third-order valence-electron chi connectivity index (χ3n) is 11.1. The smallest absolute Gasteiger partial charge is 0.462 e. The van der Waals surface area contributed by atoms with Gasteiger partial charge in [0.25, 0.3) is 0 Å². The number of hydrogen-bond acceptors (Lipinski definition) is 7. The summed E-state index contributed by atoms with van der Waals surface area (Å²) in [5.74, 6) is -0.943. The molecule has 0 aliphatic heterocycles. The molecule has 9 nitrogen and oxygen atoms in total. The number of hydrogen-bond donors (Lipinski definition) is 1. The van der Waals surface area contributed by atoms with E-state index in [4.69, 9.17) is 18.5 Å². The lowest BCUT2D eigenvalue weighted by atomic mass is 10.1. The van der Waals surface area contributed by atoms with E-state index in [-0.39, 0.29) is 26.1 Å². The van der Waals surface area contributed by atoms with Crippen molar-refractivity contribution in [1.29, 1.82) is 0 Å². The topological polar surface area (TPSA) is 108 Å². The third-order valence-corrected chi connectivity index (χ3v) is 12.1. The first-order valence-corrected chi connectivity index (χ1v) is 30.7. The number of carbonyl (C=O) groups is 2. The zero-order chi connectivity index (χ0) is 57.0. The van der Waals surface area contributed by atoms with Gasteiger partial charge in [0.2, 0.25) is 0 Å². The molecule has 0 bridgehead atoms. The van der Waals surface area contributed by atoms with Crippen LogP contribution in [0.1, 0.15) is 168 Å². The summed E-state index contributed by atoms with van der Waals surface area (Å²) in [6, 6.07) is 0. The predicted octanol–water partition coefficient (Wildman–Crippen LogP) is 18.6. The maximum atomic E-state index is 12.8. The molecule has 2 atom stereocenters. The monoisotopic (exact) mass is 1090 g/mol. The van der Waals surface area contributed by atoms with Crippen molar-refractivity contribution in [2.45, 2.75) is 174 Å². The average Bonchev–Trinajstić information content (AvgIpc) is 3.40. The number of nitrogens with zero attached hydrogens (tertiary/aromatic N) is 1. The molecular formula is C68H105NO8P+. The van der Waals surface area contributed by atoms with Crippen molar-refractivity contribution in [3.05, 3.63) is 194 Å². The van der Waals surface area contributed by atoms with E-state index >= 15 is 0 Å². The average molecular weight is 1100 g/mol. The molecule has 0 spiro atoms. The molecule has 10 heteroatoms. The lowest BCUT2D eigenvalue weighted by Crippen LogP contribution is -2.37. The maximum absolute atomic E-state index is 12.8. The highest BCUT2D eigenvalue weighted by molar-refractivity contribution is 7.47. The molecule has 0 aromatic rings. The van der Waals surface area contributed by atoms with Crippen LogP contribution in [0.2, 0.25) is 0 Å². The summed E-state index contributed by atoms with van der Waals surface area (Å²) >= 11 is 0. The zero-order valence-corrected chi connectivity index (χ0v) is 49.9. The number of likely N-dealkylation sites (N-methyl/N-ethyl adjacent to an activating group) is 1. The highest BCUT2D eigenvalue weighted by Gasteiger charge is 2.27. The van der Waals surface area contributed by atoms with Gasteiger partial charge in [0.05, 0.1) is 27.7 Å². The molecule has 0 fully saturated rings. The number of esters is 2. The van der Waals surface area contributed by atoms with Gasteiger partial charge in [0, 0.05) is 12.8 Å². The Balaban J connectivity index is 4.23. The Bertz CT molecular complexity index is 2010. The Kier molecular flexibility index (Phi) is 52.8. The minimum absolute atomic E-state index is 0.00457. The van der Waals surface area contributed by atoms with E-state index in [1.165, 1.54) is 0 Å². The summed E-state index contributed by atoms with van der Waals surface area (Å²) in [7, 11) is 1.39. The molecule has 0 aromatic heterocycles. The van der Waals surface area contributed by atoms with Crippen LogP contribution in [0.3, 0.4) is 0 Å². The molecule has 0 aliphatic carbocycles. The highest BCUT2D eigenvalue weighted by atomic mass is 31.2. The fourth-order valence-corrected chi connectivity index (χ4v) is 7.45. The summed E-state index contributed by atoms with van der Waals surface area (Å²) in [6.07, 6.45) is 89.7. The molecule has 434 valence electrons. The van der Waals surface area contributed by atoms with Crippen LogP contribution < -0.4 is 0 Å². The number of unbranched alkanes of at least 4 members (excludes halogenated alkanes) is 4. The van der Waals surface area contributed by atoms with E-state index < -0.39 is 32.5 Å². The summed E-state index contributed by atoms with van der Waals surface area (Å²) in [5.41, 5.74) is 0. The summed E-state index contributed by atoms with van der Waals surface area (Å²) < 4.78 is 34.3. The van der Waals surface area contributed by atoms with E-state index in [0.717, 1.165) is 128 Å². The molecule has 0 saturated carbocycles. The van der Waals surface area contributed by atoms with E-state index in [1.54, 1.807) is 0 Å². The molecule has 0 rings (SSSR count). The molecule has 1 N–H and O–H groups in total. The molecule has 0 heterocycles. The van der Waals surface area contributed by atoms with Crippen LogP contribution in [-0.4, -0.2) is 74.9 Å². The maximum Gasteiger partial charge on any atom is 0.472 e. The molecule has 2 unspecified atom stereocenters. The zero-order valence-electron chi connectivity index (χ0n) is 49.1. The second-order valence-electron chi connectivity index (χ2n) is 19.6. The normalized spacial score (nSPS) is 14.7. The van der Waals surface area contributed by atoms with Gasteiger partial charge in [-0.1, -0.05) is 221 Å². The van der Waals surface area contributed by atoms with Gasteiger partial charge in [-0.25, -0.2) is 4.57 Å². The fourth-order valence-electron chi connectivity index (χ4n) is 6.71. The first-order valence-electron chi connectivity index (χ1n) is 29.2. The van der Waals surface area contributed by atoms with Crippen molar-refractivity contribution in [2.75, 3.05) is 47.5 Å². The Hall–Kier alpha value is -5.15. The van der Waals surface area contributed by atoms with E-state index in [0.29, 0.717) is 23.9 Å². The van der Waals surface area contributed by atoms with Gasteiger partial charge in [-0.3, -0.25) is 18.6 Å². The second-order valence-corrected chi connectivity index (χ2v) is 21.0. The van der Waals surface area contributed by atoms with Crippen LogP contribution in [0, 0.1) is 0 Å². The van der Waals surface area contributed by atoms with Crippen LogP contribution in [0.4, 0.5) is 0 Å². The van der Waals surface area contributed by atoms with Crippen LogP contribution in [-0.2, 0) is 32.7 Å². The van der Waals surface area contributed by atoms with Gasteiger partial charge in [-0.05, 0) is 128 Å². The first kappa shape index (κ1) is 72.8. The Labute approximate surface area is 475 Å². The Morgan fingerprint density at radius 2 is 0.718 bits per heavy atom. The number of ether oxygens (including phenoxy) is 2. The van der Waals surface area contributed by atoms with Gasteiger partial charge in [-0.2, -0.15) is 0 Å². The highest BCUT2D eigenvalue weighted by Crippen LogP contribution is 2.43. The van der Waals surface area contributed by atoms with Crippen molar-refractivity contribution >= 4 is 19.8 Å². The lowest BCUT2D eigenvalue weighted by Gasteiger charge is -2.24. The minimum Gasteiger partial charge on any atom is -0.462 e. The van der Waals surface area contributed by atoms with Crippen molar-refractivity contribution in [3.63, 3.8) is 0 Å². The minimum atomic E-state index is -4.42. The fraction of sp³-hybridized carbons (Fsp3) is 0.500. The quantitative estimate of drug-likeness (QED) is 0.0211. The number of allylic oxidation sites excluding steroid dienone is 32. The largest absolute Gasteiger partial charge is 0.472 e. The lowest BCUT2D eigenvalue weighted by molar-refractivity contribution is -0.870. The van der Waals surface area contributed by atoms with Crippen LogP contribution in [0.15, 0.2) is 194 Å². The summed E-state index contributed by atoms with van der Waals surface area (Å²) in [4.78, 5) is 35.5. The summed E-state index contributed by atoms with van der Waals surface area (Å²) in [6.45, 7) is 4.03. The van der Waals surface area contributed by atoms with Crippen LogP contribution in [0.5, 0.6) is 0 Å². The molecule has 0 aliphatic rings. The number of phosphoric acid groups is 1. The van der Waals surface area contributed by atoms with E-state index in [2.05, 4.69) is 196 Å². The Morgan fingerprint density at radius 3 is 1.06 bits per heavy atom.